The molecule has 0 saturated carbocycles. The summed E-state index contributed by atoms with van der Waals surface area (Å²) in [5, 5.41) is 0.899. The molecule has 2 aliphatic rings. The molecule has 1 aromatic heterocycles. The van der Waals surface area contributed by atoms with Gasteiger partial charge in [0.2, 0.25) is 0 Å². The molecule has 2 aliphatic heterocycles. The number of hydrogen-bond acceptors (Lipinski definition) is 9. The third kappa shape index (κ3) is 6.56. The van der Waals surface area contributed by atoms with Crippen LogP contribution in [-0.4, -0.2) is 66.6 Å². The predicted molar refractivity (Wildman–Crippen MR) is 143 cm³/mol. The average molecular weight is 519 g/mol. The minimum atomic E-state index is -1.41. The number of carbonyl (C=O) groups excluding carboxylic acids is 2. The van der Waals surface area contributed by atoms with Crippen LogP contribution in [0.5, 0.6) is 0 Å². The lowest BCUT2D eigenvalue weighted by Crippen LogP contribution is -2.51. The second-order valence-corrected chi connectivity index (χ2v) is 10.7. The molecule has 1 fully saturated rings. The first kappa shape index (κ1) is 27.0. The summed E-state index contributed by atoms with van der Waals surface area (Å²) < 4.78 is 11.8. The number of rotatable bonds is 3. The molecular formula is C25H34N4O4S2. The Hall–Kier alpha value is -2.56. The number of carbonyl (C=O) groups is 2. The number of anilines is 1. The molecule has 0 radical (unpaired) electrons. The summed E-state index contributed by atoms with van der Waals surface area (Å²) in [6.07, 6.45) is -0.621. The van der Waals surface area contributed by atoms with Gasteiger partial charge in [0.1, 0.15) is 10.5 Å². The van der Waals surface area contributed by atoms with E-state index in [9.17, 15) is 9.59 Å². The van der Waals surface area contributed by atoms with Crippen LogP contribution in [0.25, 0.3) is 5.82 Å². The van der Waals surface area contributed by atoms with Gasteiger partial charge in [-0.05, 0) is 37.9 Å². The maximum absolute atomic E-state index is 13.7. The molecule has 3 heterocycles. The Morgan fingerprint density at radius 2 is 1.77 bits per heavy atom. The summed E-state index contributed by atoms with van der Waals surface area (Å²) in [5.74, 6) is -0.245. The zero-order valence-electron chi connectivity index (χ0n) is 21.2. The van der Waals surface area contributed by atoms with Gasteiger partial charge in [-0.25, -0.2) is 14.7 Å². The van der Waals surface area contributed by atoms with Crippen molar-refractivity contribution < 1.29 is 19.1 Å². The SMILES string of the molecule is CC(=O)OC(C)(C)OC(=O)N1C(N2CCN(C)CC2)=c2cc(C)sc2=Nc2ccccc21.CCS. The second kappa shape index (κ2) is 11.5. The monoisotopic (exact) mass is 518 g/mol. The smallest absolute Gasteiger partial charge is 0.423 e. The number of thiol groups is 1. The van der Waals surface area contributed by atoms with Crippen LogP contribution >= 0.6 is 24.0 Å². The number of aryl methyl sites for hydroxylation is 1. The molecule has 190 valence electrons. The van der Waals surface area contributed by atoms with Gasteiger partial charge in [-0.3, -0.25) is 4.79 Å². The average Bonchev–Trinajstić information content (AvgIpc) is 3.05. The minimum Gasteiger partial charge on any atom is -0.423 e. The molecule has 0 aliphatic carbocycles. The van der Waals surface area contributed by atoms with E-state index < -0.39 is 17.8 Å². The fraction of sp³-hybridized carbons (Fsp3) is 0.480. The topological polar surface area (TPSA) is 74.7 Å². The van der Waals surface area contributed by atoms with E-state index in [2.05, 4.69) is 35.5 Å². The van der Waals surface area contributed by atoms with E-state index in [0.717, 1.165) is 52.5 Å². The Bertz CT molecular complexity index is 1190. The number of likely N-dealkylation sites (N-methyl/N-ethyl adjacent to an activating group) is 1. The van der Waals surface area contributed by atoms with E-state index in [0.29, 0.717) is 11.4 Å². The van der Waals surface area contributed by atoms with Crippen molar-refractivity contribution in [1.82, 2.24) is 9.80 Å². The molecule has 1 amide bonds. The Labute approximate surface area is 216 Å². The highest BCUT2D eigenvalue weighted by molar-refractivity contribution is 7.80. The maximum Gasteiger partial charge on any atom is 0.423 e. The Morgan fingerprint density at radius 1 is 1.14 bits per heavy atom. The van der Waals surface area contributed by atoms with Gasteiger partial charge in [-0.1, -0.05) is 19.1 Å². The number of piperazine rings is 1. The Balaban J connectivity index is 0.00000108. The molecule has 0 spiro atoms. The van der Waals surface area contributed by atoms with E-state index in [1.54, 1.807) is 30.1 Å². The molecule has 1 aromatic carbocycles. The predicted octanol–water partition coefficient (Wildman–Crippen LogP) is 3.51. The lowest BCUT2D eigenvalue weighted by atomic mass is 10.2. The first-order valence-corrected chi connectivity index (χ1v) is 13.1. The first-order valence-electron chi connectivity index (χ1n) is 11.6. The number of thiophene rings is 1. The van der Waals surface area contributed by atoms with Crippen molar-refractivity contribution in [1.29, 1.82) is 0 Å². The number of benzene rings is 1. The summed E-state index contributed by atoms with van der Waals surface area (Å²) in [6.45, 7) is 11.7. The summed E-state index contributed by atoms with van der Waals surface area (Å²) in [5.41, 5.74) is 1.31. The molecule has 0 atom stereocenters. The molecule has 0 unspecified atom stereocenters. The molecule has 35 heavy (non-hydrogen) atoms. The van der Waals surface area contributed by atoms with Gasteiger partial charge in [0.15, 0.2) is 0 Å². The lowest BCUT2D eigenvalue weighted by Gasteiger charge is -2.39. The zero-order valence-corrected chi connectivity index (χ0v) is 22.9. The highest BCUT2D eigenvalue weighted by atomic mass is 32.1. The number of ether oxygens (including phenoxy) is 2. The quantitative estimate of drug-likeness (QED) is 0.381. The minimum absolute atomic E-state index is 0.520. The molecule has 2 aromatic rings. The number of para-hydroxylation sites is 2. The van der Waals surface area contributed by atoms with Gasteiger partial charge in [0.05, 0.1) is 16.6 Å². The third-order valence-electron chi connectivity index (χ3n) is 5.34. The van der Waals surface area contributed by atoms with Crippen molar-refractivity contribution in [2.75, 3.05) is 43.9 Å². The summed E-state index contributed by atoms with van der Waals surface area (Å²) in [7, 11) is 2.09. The van der Waals surface area contributed by atoms with Gasteiger partial charge in [0, 0.05) is 51.8 Å². The van der Waals surface area contributed by atoms with Crippen molar-refractivity contribution in [3.63, 3.8) is 0 Å². The van der Waals surface area contributed by atoms with Crippen LogP contribution in [0, 0.1) is 6.92 Å². The van der Waals surface area contributed by atoms with E-state index >= 15 is 0 Å². The Morgan fingerprint density at radius 3 is 2.40 bits per heavy atom. The van der Waals surface area contributed by atoms with Gasteiger partial charge < -0.3 is 19.3 Å². The van der Waals surface area contributed by atoms with Crippen LogP contribution in [0.2, 0.25) is 0 Å². The van der Waals surface area contributed by atoms with Crippen LogP contribution in [0.4, 0.5) is 16.2 Å². The first-order chi connectivity index (χ1) is 16.6. The maximum atomic E-state index is 13.7. The molecule has 0 N–H and O–H groups in total. The van der Waals surface area contributed by atoms with E-state index in [1.807, 2.05) is 38.1 Å². The molecule has 0 bridgehead atoms. The molecule has 10 heteroatoms. The molecule has 8 nitrogen and oxygen atoms in total. The molecule has 1 saturated heterocycles. The van der Waals surface area contributed by atoms with Crippen molar-refractivity contribution in [2.45, 2.75) is 40.4 Å². The lowest BCUT2D eigenvalue weighted by molar-refractivity contribution is -0.191. The fourth-order valence-electron chi connectivity index (χ4n) is 3.97. The van der Waals surface area contributed by atoms with Crippen LogP contribution in [0.15, 0.2) is 35.3 Å². The largest absolute Gasteiger partial charge is 0.423 e. The van der Waals surface area contributed by atoms with Gasteiger partial charge in [-0.15, -0.1) is 11.3 Å². The van der Waals surface area contributed by atoms with Crippen molar-refractivity contribution in [3.8, 4) is 0 Å². The standard InChI is InChI=1S/C23H28N4O4S.C2H6S/c1-15-14-17-20(32-15)24-18-8-6-7-9-19(18)27(21(17)26-12-10-25(5)11-13-26)22(29)31-23(3,4)30-16(2)28;1-2-3/h6-9,14H,10-13H2,1-5H3;3H,2H2,1H3. The second-order valence-electron chi connectivity index (χ2n) is 8.80. The van der Waals surface area contributed by atoms with Gasteiger partial charge in [-0.2, -0.15) is 12.6 Å². The van der Waals surface area contributed by atoms with Crippen molar-refractivity contribution in [3.05, 3.63) is 45.1 Å². The van der Waals surface area contributed by atoms with Crippen LogP contribution in [0.3, 0.4) is 0 Å². The number of nitrogens with zero attached hydrogens (tertiary/aromatic N) is 4. The molecular weight excluding hydrogens is 484 g/mol. The van der Waals surface area contributed by atoms with Crippen LogP contribution < -0.4 is 14.8 Å². The van der Waals surface area contributed by atoms with Gasteiger partial charge in [0.25, 0.3) is 5.79 Å². The van der Waals surface area contributed by atoms with E-state index in [-0.39, 0.29) is 0 Å². The highest BCUT2D eigenvalue weighted by Crippen LogP contribution is 2.35. The summed E-state index contributed by atoms with van der Waals surface area (Å²) >= 11 is 5.39. The van der Waals surface area contributed by atoms with E-state index in [1.165, 1.54) is 6.92 Å². The zero-order chi connectivity index (χ0) is 25.8. The fourth-order valence-corrected chi connectivity index (χ4v) is 4.86. The summed E-state index contributed by atoms with van der Waals surface area (Å²) in [6, 6.07) is 9.59. The number of esters is 1. The normalized spacial score (nSPS) is 15.7. The summed E-state index contributed by atoms with van der Waals surface area (Å²) in [4.78, 5) is 37.2. The van der Waals surface area contributed by atoms with Crippen LogP contribution in [-0.2, 0) is 14.3 Å². The number of hydrogen-bond donors (Lipinski definition) is 1. The van der Waals surface area contributed by atoms with Crippen molar-refractivity contribution >= 4 is 53.2 Å². The number of fused-ring (bicyclic) bond motifs is 2. The Kier molecular flexibility index (Phi) is 8.84. The highest BCUT2D eigenvalue weighted by Gasteiger charge is 2.36. The van der Waals surface area contributed by atoms with Crippen molar-refractivity contribution in [2.24, 2.45) is 4.99 Å². The number of amides is 1. The van der Waals surface area contributed by atoms with Gasteiger partial charge >= 0.3 is 12.1 Å². The van der Waals surface area contributed by atoms with Crippen LogP contribution in [0.1, 0.15) is 32.6 Å². The molecule has 4 rings (SSSR count). The third-order valence-corrected chi connectivity index (χ3v) is 6.29. The van der Waals surface area contributed by atoms with E-state index in [4.69, 9.17) is 14.5 Å².